The third-order valence-corrected chi connectivity index (χ3v) is 7.79. The van der Waals surface area contributed by atoms with Crippen molar-refractivity contribution >= 4 is 29.1 Å². The van der Waals surface area contributed by atoms with Crippen LogP contribution in [0.5, 0.6) is 0 Å². The van der Waals surface area contributed by atoms with Crippen molar-refractivity contribution in [2.24, 2.45) is 0 Å². The second-order valence-corrected chi connectivity index (χ2v) is 10.6. The maximum Gasteiger partial charge on any atom is 0.258 e. The number of halogens is 1. The zero-order chi connectivity index (χ0) is 26.6. The molecule has 2 aromatic rings. The monoisotopic (exact) mass is 528 g/mol. The number of rotatable bonds is 9. The van der Waals surface area contributed by atoms with Gasteiger partial charge in [0, 0.05) is 58.6 Å². The van der Waals surface area contributed by atoms with Crippen LogP contribution in [0, 0.1) is 0 Å². The van der Waals surface area contributed by atoms with Crippen molar-refractivity contribution in [3.05, 3.63) is 64.7 Å². The van der Waals surface area contributed by atoms with Crippen molar-refractivity contribution in [3.8, 4) is 0 Å². The van der Waals surface area contributed by atoms with E-state index in [9.17, 15) is 14.7 Å². The third kappa shape index (κ3) is 6.26. The number of likely N-dealkylation sites (N-methyl/N-ethyl adjacent to an activating group) is 1. The first-order chi connectivity index (χ1) is 17.7. The highest BCUT2D eigenvalue weighted by atomic mass is 35.5. The van der Waals surface area contributed by atoms with Crippen LogP contribution in [0.1, 0.15) is 35.7 Å². The molecule has 2 aliphatic rings. The van der Waals surface area contributed by atoms with Crippen molar-refractivity contribution in [1.82, 2.24) is 14.7 Å². The third-order valence-electron chi connectivity index (χ3n) is 7.48. The van der Waals surface area contributed by atoms with E-state index in [2.05, 4.69) is 10.2 Å². The lowest BCUT2D eigenvalue weighted by molar-refractivity contribution is -0.152. The minimum absolute atomic E-state index is 0.126. The maximum absolute atomic E-state index is 13.0. The summed E-state index contributed by atoms with van der Waals surface area (Å²) in [6.07, 6.45) is 1.78. The van der Waals surface area contributed by atoms with E-state index in [1.54, 1.807) is 49.1 Å². The molecule has 1 atom stereocenters. The van der Waals surface area contributed by atoms with Crippen molar-refractivity contribution in [2.75, 3.05) is 58.8 Å². The van der Waals surface area contributed by atoms with Crippen molar-refractivity contribution in [3.63, 3.8) is 0 Å². The molecule has 2 aromatic carbocycles. The molecule has 200 valence electrons. The Morgan fingerprint density at radius 2 is 1.84 bits per heavy atom. The number of piperidine rings is 1. The number of benzene rings is 2. The predicted octanol–water partition coefficient (Wildman–Crippen LogP) is 3.05. The Kier molecular flexibility index (Phi) is 8.75. The number of amides is 2. The molecule has 2 fully saturated rings. The molecular formula is C28H37ClN4O4. The molecule has 2 saturated heterocycles. The highest BCUT2D eigenvalue weighted by Gasteiger charge is 2.40. The number of likely N-dealkylation sites (tertiary alicyclic amines) is 2. The van der Waals surface area contributed by atoms with Gasteiger partial charge in [-0.05, 0) is 43.5 Å². The fourth-order valence-corrected chi connectivity index (χ4v) is 5.34. The molecular weight excluding hydrogens is 492 g/mol. The van der Waals surface area contributed by atoms with E-state index in [-0.39, 0.29) is 11.8 Å². The summed E-state index contributed by atoms with van der Waals surface area (Å²) in [4.78, 5) is 31.5. The van der Waals surface area contributed by atoms with Crippen LogP contribution in [0.3, 0.4) is 0 Å². The molecule has 0 aliphatic carbocycles. The van der Waals surface area contributed by atoms with Crippen LogP contribution in [0.25, 0.3) is 0 Å². The average molecular weight is 529 g/mol. The van der Waals surface area contributed by atoms with Crippen LogP contribution < -0.4 is 5.32 Å². The molecule has 2 N–H and O–H groups in total. The Bertz CT molecular complexity index is 1080. The van der Waals surface area contributed by atoms with E-state index in [0.29, 0.717) is 54.5 Å². The van der Waals surface area contributed by atoms with Crippen LogP contribution in [0.2, 0.25) is 5.02 Å². The summed E-state index contributed by atoms with van der Waals surface area (Å²) in [5.41, 5.74) is 0.484. The molecule has 8 nitrogen and oxygen atoms in total. The number of hydrogen-bond donors (Lipinski definition) is 2. The number of carbonyl (C=O) groups is 2. The van der Waals surface area contributed by atoms with Crippen molar-refractivity contribution in [1.29, 1.82) is 0 Å². The predicted molar refractivity (Wildman–Crippen MR) is 145 cm³/mol. The molecule has 2 amide bonds. The smallest absolute Gasteiger partial charge is 0.258 e. The first-order valence-corrected chi connectivity index (χ1v) is 13.2. The van der Waals surface area contributed by atoms with Crippen LogP contribution in [-0.4, -0.2) is 97.2 Å². The highest BCUT2D eigenvalue weighted by molar-refractivity contribution is 6.34. The lowest BCUT2D eigenvalue weighted by Gasteiger charge is -2.48. The van der Waals surface area contributed by atoms with E-state index in [0.717, 1.165) is 31.6 Å². The van der Waals surface area contributed by atoms with Gasteiger partial charge in [-0.25, -0.2) is 0 Å². The fourth-order valence-electron chi connectivity index (χ4n) is 5.08. The Morgan fingerprint density at radius 3 is 2.46 bits per heavy atom. The number of carbonyl (C=O) groups excluding carboxylic acids is 2. The van der Waals surface area contributed by atoms with Gasteiger partial charge in [-0.3, -0.25) is 14.5 Å². The van der Waals surface area contributed by atoms with Gasteiger partial charge in [-0.1, -0.05) is 41.9 Å². The van der Waals surface area contributed by atoms with Gasteiger partial charge in [0.25, 0.3) is 11.8 Å². The Balaban J connectivity index is 1.23. The molecule has 9 heteroatoms. The largest absolute Gasteiger partial charge is 0.383 e. The standard InChI is InChI=1S/C28H37ClN4O4/c1-28(36,20-7-5-4-6-8-20)27(35)32-13-11-23(12-14-32)33-18-22(19-33)30-21-9-10-24(25(29)17-21)26(34)31(2)15-16-37-3/h4-10,17,22-23,30,36H,11-16,18-19H2,1-3H3/t28-/m0/s1. The zero-order valence-electron chi connectivity index (χ0n) is 21.8. The zero-order valence-corrected chi connectivity index (χ0v) is 22.6. The van der Waals surface area contributed by atoms with Gasteiger partial charge in [0.15, 0.2) is 5.60 Å². The number of hydrogen-bond acceptors (Lipinski definition) is 6. The van der Waals surface area contributed by atoms with Gasteiger partial charge in [0.2, 0.25) is 0 Å². The van der Waals surface area contributed by atoms with Crippen LogP contribution >= 0.6 is 11.6 Å². The number of ether oxygens (including phenoxy) is 1. The van der Waals surface area contributed by atoms with Gasteiger partial charge >= 0.3 is 0 Å². The van der Waals surface area contributed by atoms with E-state index in [1.807, 2.05) is 30.3 Å². The number of anilines is 1. The molecule has 0 unspecified atom stereocenters. The van der Waals surface area contributed by atoms with E-state index in [4.69, 9.17) is 16.3 Å². The summed E-state index contributed by atoms with van der Waals surface area (Å²) in [7, 11) is 3.34. The lowest BCUT2D eigenvalue weighted by atomic mass is 9.92. The fraction of sp³-hybridized carbons (Fsp3) is 0.500. The molecule has 2 aliphatic heterocycles. The summed E-state index contributed by atoms with van der Waals surface area (Å²) in [5, 5.41) is 14.8. The van der Waals surface area contributed by atoms with Crippen LogP contribution in [-0.2, 0) is 15.1 Å². The average Bonchev–Trinajstić information content (AvgIpc) is 2.89. The van der Waals surface area contributed by atoms with Gasteiger partial charge in [-0.15, -0.1) is 0 Å². The normalized spacial score (nSPS) is 18.7. The summed E-state index contributed by atoms with van der Waals surface area (Å²) in [6.45, 7) is 5.67. The second-order valence-electron chi connectivity index (χ2n) is 10.2. The molecule has 0 radical (unpaired) electrons. The Labute approximate surface area is 224 Å². The summed E-state index contributed by atoms with van der Waals surface area (Å²) in [6, 6.07) is 15.3. The van der Waals surface area contributed by atoms with E-state index >= 15 is 0 Å². The first kappa shape index (κ1) is 27.4. The SMILES string of the molecule is COCCN(C)C(=O)c1ccc(NC2CN(C3CCN(C(=O)[C@@](C)(O)c4ccccc4)CC3)C2)cc1Cl. The summed E-state index contributed by atoms with van der Waals surface area (Å²) < 4.78 is 5.04. The minimum atomic E-state index is -1.51. The molecule has 4 rings (SSSR count). The van der Waals surface area contributed by atoms with E-state index in [1.165, 1.54) is 0 Å². The van der Waals surface area contributed by atoms with E-state index < -0.39 is 5.60 Å². The van der Waals surface area contributed by atoms with Crippen molar-refractivity contribution in [2.45, 2.75) is 37.5 Å². The van der Waals surface area contributed by atoms with Crippen LogP contribution in [0.4, 0.5) is 5.69 Å². The number of aliphatic hydroxyl groups is 1. The maximum atomic E-state index is 13.0. The molecule has 2 heterocycles. The van der Waals surface area contributed by atoms with Crippen molar-refractivity contribution < 1.29 is 19.4 Å². The van der Waals surface area contributed by atoms with Gasteiger partial charge in [0.1, 0.15) is 0 Å². The van der Waals surface area contributed by atoms with Crippen LogP contribution in [0.15, 0.2) is 48.5 Å². The number of nitrogens with zero attached hydrogens (tertiary/aromatic N) is 3. The minimum Gasteiger partial charge on any atom is -0.383 e. The number of methoxy groups -OCH3 is 1. The lowest BCUT2D eigenvalue weighted by Crippen LogP contribution is -2.61. The quantitative estimate of drug-likeness (QED) is 0.520. The second kappa shape index (κ2) is 11.8. The molecule has 0 spiro atoms. The van der Waals surface area contributed by atoms with Gasteiger partial charge < -0.3 is 25.0 Å². The first-order valence-electron chi connectivity index (χ1n) is 12.8. The van der Waals surface area contributed by atoms with Gasteiger partial charge in [-0.2, -0.15) is 0 Å². The Hall–Kier alpha value is -2.65. The topological polar surface area (TPSA) is 85.4 Å². The molecule has 0 aromatic heterocycles. The summed E-state index contributed by atoms with van der Waals surface area (Å²) >= 11 is 6.43. The Morgan fingerprint density at radius 1 is 1.16 bits per heavy atom. The van der Waals surface area contributed by atoms with Gasteiger partial charge in [0.05, 0.1) is 23.2 Å². The summed E-state index contributed by atoms with van der Waals surface area (Å²) in [5.74, 6) is -0.359. The molecule has 0 bridgehead atoms. The highest BCUT2D eigenvalue weighted by Crippen LogP contribution is 2.29. The molecule has 0 saturated carbocycles. The molecule has 37 heavy (non-hydrogen) atoms. The number of nitrogens with one attached hydrogen (secondary N) is 1.